The normalized spacial score (nSPS) is 13.9. The van der Waals surface area contributed by atoms with Crippen molar-refractivity contribution in [1.29, 1.82) is 0 Å². The molecule has 8 heteroatoms. The maximum Gasteiger partial charge on any atom is 0.409 e. The zero-order valence-electron chi connectivity index (χ0n) is 17.0. The van der Waals surface area contributed by atoms with Crippen LogP contribution in [0.4, 0.5) is 10.6 Å². The molecule has 0 aromatic carbocycles. The number of rotatable bonds is 6. The third-order valence-electron chi connectivity index (χ3n) is 4.96. The summed E-state index contributed by atoms with van der Waals surface area (Å²) in [4.78, 5) is 38.4. The fourth-order valence-electron chi connectivity index (χ4n) is 3.20. The highest BCUT2D eigenvalue weighted by molar-refractivity contribution is 5.93. The molecule has 0 saturated carbocycles. The predicted octanol–water partition coefficient (Wildman–Crippen LogP) is 2.07. The van der Waals surface area contributed by atoms with E-state index in [0.29, 0.717) is 44.9 Å². The van der Waals surface area contributed by atoms with Gasteiger partial charge in [-0.05, 0) is 43.2 Å². The Bertz CT molecular complexity index is 805. The van der Waals surface area contributed by atoms with Crippen molar-refractivity contribution in [3.05, 3.63) is 54.0 Å². The molecule has 3 rings (SSSR count). The SMILES string of the molecule is CCOC(=O)N1CCN(c2ccc(C(=O)N(C)CCc3ccncc3)cn2)CC1. The van der Waals surface area contributed by atoms with E-state index in [0.717, 1.165) is 17.8 Å². The van der Waals surface area contributed by atoms with Crippen LogP contribution >= 0.6 is 0 Å². The second kappa shape index (κ2) is 9.86. The standard InChI is InChI=1S/C21H27N5O3/c1-3-29-21(28)26-14-12-25(13-15-26)19-5-4-18(16-23-19)20(27)24(2)11-8-17-6-9-22-10-7-17/h4-7,9-10,16H,3,8,11-15H2,1-2H3. The molecule has 0 N–H and O–H groups in total. The average molecular weight is 397 g/mol. The number of carbonyl (C=O) groups excluding carboxylic acids is 2. The molecule has 8 nitrogen and oxygen atoms in total. The smallest absolute Gasteiger partial charge is 0.409 e. The van der Waals surface area contributed by atoms with E-state index in [9.17, 15) is 9.59 Å². The van der Waals surface area contributed by atoms with Gasteiger partial charge >= 0.3 is 6.09 Å². The van der Waals surface area contributed by atoms with Crippen LogP contribution in [0.15, 0.2) is 42.9 Å². The maximum absolute atomic E-state index is 12.6. The van der Waals surface area contributed by atoms with E-state index in [1.165, 1.54) is 0 Å². The van der Waals surface area contributed by atoms with Crippen molar-refractivity contribution in [2.24, 2.45) is 0 Å². The molecule has 0 atom stereocenters. The van der Waals surface area contributed by atoms with Crippen LogP contribution in [0, 0.1) is 0 Å². The molecule has 29 heavy (non-hydrogen) atoms. The Hall–Kier alpha value is -3.16. The summed E-state index contributed by atoms with van der Waals surface area (Å²) in [6, 6.07) is 7.59. The molecule has 154 valence electrons. The Morgan fingerprint density at radius 1 is 1.10 bits per heavy atom. The van der Waals surface area contributed by atoms with Crippen LogP contribution in [0.3, 0.4) is 0 Å². The van der Waals surface area contributed by atoms with E-state index in [2.05, 4.69) is 14.9 Å². The lowest BCUT2D eigenvalue weighted by Gasteiger charge is -2.34. The Morgan fingerprint density at radius 3 is 2.45 bits per heavy atom. The Balaban J connectivity index is 1.52. The van der Waals surface area contributed by atoms with Crippen LogP contribution in [0.2, 0.25) is 0 Å². The Kier molecular flexibility index (Phi) is 6.99. The molecular weight excluding hydrogens is 370 g/mol. The van der Waals surface area contributed by atoms with E-state index < -0.39 is 0 Å². The molecule has 1 aliphatic heterocycles. The summed E-state index contributed by atoms with van der Waals surface area (Å²) >= 11 is 0. The minimum absolute atomic E-state index is 0.0507. The predicted molar refractivity (Wildman–Crippen MR) is 110 cm³/mol. The van der Waals surface area contributed by atoms with E-state index in [4.69, 9.17) is 4.74 Å². The Morgan fingerprint density at radius 2 is 1.83 bits per heavy atom. The summed E-state index contributed by atoms with van der Waals surface area (Å²) in [6.45, 7) is 5.37. The van der Waals surface area contributed by atoms with Gasteiger partial charge in [-0.1, -0.05) is 0 Å². The number of likely N-dealkylation sites (N-methyl/N-ethyl adjacent to an activating group) is 1. The highest BCUT2D eigenvalue weighted by atomic mass is 16.6. The highest BCUT2D eigenvalue weighted by Gasteiger charge is 2.23. The summed E-state index contributed by atoms with van der Waals surface area (Å²) in [5, 5.41) is 0. The first kappa shape index (κ1) is 20.6. The third kappa shape index (κ3) is 5.43. The highest BCUT2D eigenvalue weighted by Crippen LogP contribution is 2.15. The van der Waals surface area contributed by atoms with E-state index in [1.54, 1.807) is 42.4 Å². The molecule has 0 unspecified atom stereocenters. The fourth-order valence-corrected chi connectivity index (χ4v) is 3.20. The van der Waals surface area contributed by atoms with Crippen molar-refractivity contribution in [3.63, 3.8) is 0 Å². The molecule has 3 heterocycles. The lowest BCUT2D eigenvalue weighted by Crippen LogP contribution is -2.49. The molecule has 1 fully saturated rings. The van der Waals surface area contributed by atoms with Gasteiger partial charge < -0.3 is 19.4 Å². The van der Waals surface area contributed by atoms with Gasteiger partial charge in [0.05, 0.1) is 12.2 Å². The van der Waals surface area contributed by atoms with E-state index in [-0.39, 0.29) is 12.0 Å². The quantitative estimate of drug-likeness (QED) is 0.743. The van der Waals surface area contributed by atoms with Crippen LogP contribution in [0.5, 0.6) is 0 Å². The van der Waals surface area contributed by atoms with Gasteiger partial charge in [-0.15, -0.1) is 0 Å². The second-order valence-corrected chi connectivity index (χ2v) is 6.91. The van der Waals surface area contributed by atoms with Gasteiger partial charge in [-0.3, -0.25) is 9.78 Å². The lowest BCUT2D eigenvalue weighted by molar-refractivity contribution is 0.0796. The molecule has 0 spiro atoms. The topological polar surface area (TPSA) is 78.9 Å². The number of piperazine rings is 1. The van der Waals surface area contributed by atoms with Crippen LogP contribution in [-0.4, -0.2) is 78.1 Å². The van der Waals surface area contributed by atoms with Crippen LogP contribution in [0.1, 0.15) is 22.8 Å². The van der Waals surface area contributed by atoms with Crippen LogP contribution in [0.25, 0.3) is 0 Å². The molecule has 0 aliphatic carbocycles. The van der Waals surface area contributed by atoms with Gasteiger partial charge in [0, 0.05) is 58.4 Å². The van der Waals surface area contributed by atoms with Crippen molar-refractivity contribution in [1.82, 2.24) is 19.8 Å². The minimum atomic E-state index is -0.268. The molecule has 1 aliphatic rings. The summed E-state index contributed by atoms with van der Waals surface area (Å²) < 4.78 is 5.04. The van der Waals surface area contributed by atoms with Gasteiger partial charge in [-0.2, -0.15) is 0 Å². The zero-order chi connectivity index (χ0) is 20.6. The molecule has 1 saturated heterocycles. The first-order valence-electron chi connectivity index (χ1n) is 9.85. The number of ether oxygens (including phenoxy) is 1. The number of nitrogens with zero attached hydrogens (tertiary/aromatic N) is 5. The summed E-state index contributed by atoms with van der Waals surface area (Å²) in [7, 11) is 1.80. The molecule has 2 amide bonds. The third-order valence-corrected chi connectivity index (χ3v) is 4.96. The Labute approximate surface area is 171 Å². The maximum atomic E-state index is 12.6. The van der Waals surface area contributed by atoms with Crippen molar-refractivity contribution in [2.75, 3.05) is 51.3 Å². The van der Waals surface area contributed by atoms with Crippen LogP contribution in [-0.2, 0) is 11.2 Å². The van der Waals surface area contributed by atoms with Gasteiger partial charge in [-0.25, -0.2) is 9.78 Å². The van der Waals surface area contributed by atoms with Gasteiger partial charge in [0.2, 0.25) is 0 Å². The number of carbonyl (C=O) groups is 2. The minimum Gasteiger partial charge on any atom is -0.450 e. The number of aromatic nitrogens is 2. The van der Waals surface area contributed by atoms with Crippen molar-refractivity contribution in [3.8, 4) is 0 Å². The van der Waals surface area contributed by atoms with Gasteiger partial charge in [0.15, 0.2) is 0 Å². The summed E-state index contributed by atoms with van der Waals surface area (Å²) in [5.74, 6) is 0.759. The van der Waals surface area contributed by atoms with Gasteiger partial charge in [0.25, 0.3) is 5.91 Å². The van der Waals surface area contributed by atoms with E-state index in [1.807, 2.05) is 24.3 Å². The molecule has 0 radical (unpaired) electrons. The summed E-state index contributed by atoms with van der Waals surface area (Å²) in [6.07, 6.45) is 5.65. The zero-order valence-corrected chi connectivity index (χ0v) is 17.0. The number of pyridine rings is 2. The van der Waals surface area contributed by atoms with Gasteiger partial charge in [0.1, 0.15) is 5.82 Å². The number of hydrogen-bond donors (Lipinski definition) is 0. The molecule has 2 aromatic heterocycles. The average Bonchev–Trinajstić information content (AvgIpc) is 2.78. The molecular formula is C21H27N5O3. The van der Waals surface area contributed by atoms with Crippen molar-refractivity contribution < 1.29 is 14.3 Å². The second-order valence-electron chi connectivity index (χ2n) is 6.91. The molecule has 0 bridgehead atoms. The summed E-state index contributed by atoms with van der Waals surface area (Å²) in [5.41, 5.74) is 1.71. The van der Waals surface area contributed by atoms with Crippen molar-refractivity contribution >= 4 is 17.8 Å². The largest absolute Gasteiger partial charge is 0.450 e. The number of anilines is 1. The molecule has 2 aromatic rings. The first-order chi connectivity index (χ1) is 14.1. The van der Waals surface area contributed by atoms with Crippen molar-refractivity contribution in [2.45, 2.75) is 13.3 Å². The lowest BCUT2D eigenvalue weighted by atomic mass is 10.2. The van der Waals surface area contributed by atoms with E-state index >= 15 is 0 Å². The number of hydrogen-bond acceptors (Lipinski definition) is 6. The fraction of sp³-hybridized carbons (Fsp3) is 0.429. The first-order valence-corrected chi connectivity index (χ1v) is 9.85. The van der Waals surface area contributed by atoms with Crippen LogP contribution < -0.4 is 4.90 Å². The number of amides is 2. The monoisotopic (exact) mass is 397 g/mol.